The summed E-state index contributed by atoms with van der Waals surface area (Å²) in [5.74, 6) is 0.587. The second-order valence-electron chi connectivity index (χ2n) is 4.66. The predicted octanol–water partition coefficient (Wildman–Crippen LogP) is 3.74. The van der Waals surface area contributed by atoms with E-state index in [9.17, 15) is 4.39 Å². The fourth-order valence-electron chi connectivity index (χ4n) is 1.79. The molecular weight excluding hydrogens is 201 g/mol. The Kier molecular flexibility index (Phi) is 5.47. The molecule has 0 bridgehead atoms. The molecule has 1 N–H and O–H groups in total. The van der Waals surface area contributed by atoms with Crippen molar-refractivity contribution in [3.05, 3.63) is 35.6 Å². The van der Waals surface area contributed by atoms with E-state index >= 15 is 0 Å². The maximum Gasteiger partial charge on any atom is 0.123 e. The van der Waals surface area contributed by atoms with E-state index in [1.165, 1.54) is 18.9 Å². The highest BCUT2D eigenvalue weighted by Crippen LogP contribution is 2.10. The molecule has 0 aromatic heterocycles. The molecule has 2 atom stereocenters. The first-order valence-corrected chi connectivity index (χ1v) is 6.09. The van der Waals surface area contributed by atoms with E-state index in [1.54, 1.807) is 12.1 Å². The molecule has 0 aliphatic carbocycles. The molecule has 2 unspecified atom stereocenters. The van der Waals surface area contributed by atoms with Crippen molar-refractivity contribution in [1.29, 1.82) is 0 Å². The highest BCUT2D eigenvalue weighted by molar-refractivity contribution is 5.15. The van der Waals surface area contributed by atoms with Gasteiger partial charge in [-0.15, -0.1) is 0 Å². The Bertz CT molecular complexity index is 311. The molecule has 16 heavy (non-hydrogen) atoms. The molecule has 0 saturated heterocycles. The van der Waals surface area contributed by atoms with Crippen molar-refractivity contribution in [1.82, 2.24) is 5.32 Å². The third-order valence-electron chi connectivity index (χ3n) is 3.00. The lowest BCUT2D eigenvalue weighted by atomic mass is 10.0. The molecule has 0 saturated carbocycles. The quantitative estimate of drug-likeness (QED) is 0.774. The standard InChI is InChI=1S/C14H22FN/c1-4-11(2)8-12(3)16-10-13-6-5-7-14(15)9-13/h5-7,9,11-12,16H,4,8,10H2,1-3H3. The molecule has 1 aromatic rings. The maximum atomic E-state index is 12.9. The minimum atomic E-state index is -0.158. The van der Waals surface area contributed by atoms with Gasteiger partial charge in [0.1, 0.15) is 5.82 Å². The SMILES string of the molecule is CCC(C)CC(C)NCc1cccc(F)c1. The lowest BCUT2D eigenvalue weighted by Gasteiger charge is -2.17. The van der Waals surface area contributed by atoms with Gasteiger partial charge in [-0.05, 0) is 37.0 Å². The van der Waals surface area contributed by atoms with Gasteiger partial charge in [0.25, 0.3) is 0 Å². The molecular formula is C14H22FN. The zero-order valence-corrected chi connectivity index (χ0v) is 10.5. The summed E-state index contributed by atoms with van der Waals surface area (Å²) >= 11 is 0. The first-order valence-electron chi connectivity index (χ1n) is 6.09. The Morgan fingerprint density at radius 1 is 1.31 bits per heavy atom. The molecule has 0 heterocycles. The summed E-state index contributed by atoms with van der Waals surface area (Å²) in [7, 11) is 0. The lowest BCUT2D eigenvalue weighted by Crippen LogP contribution is -2.27. The molecule has 2 heteroatoms. The van der Waals surface area contributed by atoms with Gasteiger partial charge >= 0.3 is 0 Å². The number of hydrogen-bond donors (Lipinski definition) is 1. The normalized spacial score (nSPS) is 14.8. The lowest BCUT2D eigenvalue weighted by molar-refractivity contribution is 0.412. The molecule has 90 valence electrons. The number of hydrogen-bond acceptors (Lipinski definition) is 1. The van der Waals surface area contributed by atoms with E-state index in [4.69, 9.17) is 0 Å². The molecule has 1 rings (SSSR count). The van der Waals surface area contributed by atoms with Crippen molar-refractivity contribution < 1.29 is 4.39 Å². The first kappa shape index (κ1) is 13.2. The number of halogens is 1. The molecule has 1 aromatic carbocycles. The second-order valence-corrected chi connectivity index (χ2v) is 4.66. The Hall–Kier alpha value is -0.890. The molecule has 0 fully saturated rings. The van der Waals surface area contributed by atoms with Gasteiger partial charge in [0.05, 0.1) is 0 Å². The van der Waals surface area contributed by atoms with Crippen LogP contribution in [0.15, 0.2) is 24.3 Å². The van der Waals surface area contributed by atoms with Crippen molar-refractivity contribution in [3.8, 4) is 0 Å². The van der Waals surface area contributed by atoms with Crippen molar-refractivity contribution in [3.63, 3.8) is 0 Å². The van der Waals surface area contributed by atoms with Gasteiger partial charge in [0.15, 0.2) is 0 Å². The summed E-state index contributed by atoms with van der Waals surface area (Å²) in [5, 5.41) is 3.42. The van der Waals surface area contributed by atoms with Crippen LogP contribution < -0.4 is 5.32 Å². The number of rotatable bonds is 6. The van der Waals surface area contributed by atoms with Gasteiger partial charge in [-0.25, -0.2) is 4.39 Å². The Morgan fingerprint density at radius 3 is 2.69 bits per heavy atom. The van der Waals surface area contributed by atoms with Gasteiger partial charge in [0, 0.05) is 12.6 Å². The van der Waals surface area contributed by atoms with E-state index < -0.39 is 0 Å². The Morgan fingerprint density at radius 2 is 2.06 bits per heavy atom. The van der Waals surface area contributed by atoms with E-state index in [2.05, 4.69) is 26.1 Å². The van der Waals surface area contributed by atoms with Crippen LogP contribution in [0.2, 0.25) is 0 Å². The number of nitrogens with one attached hydrogen (secondary N) is 1. The maximum absolute atomic E-state index is 12.9. The van der Waals surface area contributed by atoms with E-state index in [1.807, 2.05) is 6.07 Å². The largest absolute Gasteiger partial charge is 0.310 e. The third-order valence-corrected chi connectivity index (χ3v) is 3.00. The van der Waals surface area contributed by atoms with E-state index in [0.717, 1.165) is 18.0 Å². The zero-order valence-electron chi connectivity index (χ0n) is 10.5. The fourth-order valence-corrected chi connectivity index (χ4v) is 1.79. The van der Waals surface area contributed by atoms with Crippen LogP contribution in [0.25, 0.3) is 0 Å². The average Bonchev–Trinajstić information content (AvgIpc) is 2.26. The van der Waals surface area contributed by atoms with Gasteiger partial charge in [0.2, 0.25) is 0 Å². The fraction of sp³-hybridized carbons (Fsp3) is 0.571. The van der Waals surface area contributed by atoms with Gasteiger partial charge < -0.3 is 5.32 Å². The first-order chi connectivity index (χ1) is 7.61. The van der Waals surface area contributed by atoms with Crippen LogP contribution >= 0.6 is 0 Å². The third kappa shape index (κ3) is 4.75. The Labute approximate surface area is 98.1 Å². The highest BCUT2D eigenvalue weighted by atomic mass is 19.1. The molecule has 1 nitrogen and oxygen atoms in total. The summed E-state index contributed by atoms with van der Waals surface area (Å²) < 4.78 is 12.9. The summed E-state index contributed by atoms with van der Waals surface area (Å²) in [5.41, 5.74) is 1.01. The molecule has 0 amide bonds. The number of benzene rings is 1. The van der Waals surface area contributed by atoms with Crippen LogP contribution in [0.3, 0.4) is 0 Å². The highest BCUT2D eigenvalue weighted by Gasteiger charge is 2.06. The van der Waals surface area contributed by atoms with Crippen molar-refractivity contribution in [2.24, 2.45) is 5.92 Å². The average molecular weight is 223 g/mol. The van der Waals surface area contributed by atoms with Crippen LogP contribution in [0.5, 0.6) is 0 Å². The van der Waals surface area contributed by atoms with Crippen LogP contribution in [-0.2, 0) is 6.54 Å². The minimum Gasteiger partial charge on any atom is -0.310 e. The van der Waals surface area contributed by atoms with E-state index in [-0.39, 0.29) is 5.82 Å². The molecule has 0 aliphatic heterocycles. The minimum absolute atomic E-state index is 0.158. The smallest absolute Gasteiger partial charge is 0.123 e. The summed E-state index contributed by atoms with van der Waals surface area (Å²) in [6.45, 7) is 7.41. The second kappa shape index (κ2) is 6.64. The van der Waals surface area contributed by atoms with Gasteiger partial charge in [-0.1, -0.05) is 32.4 Å². The predicted molar refractivity (Wildman–Crippen MR) is 66.8 cm³/mol. The van der Waals surface area contributed by atoms with Crippen LogP contribution in [0.4, 0.5) is 4.39 Å². The molecule has 0 spiro atoms. The van der Waals surface area contributed by atoms with Crippen LogP contribution in [0.1, 0.15) is 39.2 Å². The van der Waals surface area contributed by atoms with Gasteiger partial charge in [-0.2, -0.15) is 0 Å². The summed E-state index contributed by atoms with van der Waals surface area (Å²) in [6.07, 6.45) is 2.39. The van der Waals surface area contributed by atoms with Crippen LogP contribution in [-0.4, -0.2) is 6.04 Å². The summed E-state index contributed by atoms with van der Waals surface area (Å²) in [4.78, 5) is 0. The van der Waals surface area contributed by atoms with Crippen LogP contribution in [0, 0.1) is 11.7 Å². The molecule has 0 aliphatic rings. The monoisotopic (exact) mass is 223 g/mol. The van der Waals surface area contributed by atoms with Crippen molar-refractivity contribution in [2.75, 3.05) is 0 Å². The topological polar surface area (TPSA) is 12.0 Å². The van der Waals surface area contributed by atoms with Gasteiger partial charge in [-0.3, -0.25) is 0 Å². The zero-order chi connectivity index (χ0) is 12.0. The molecule has 0 radical (unpaired) electrons. The van der Waals surface area contributed by atoms with Crippen molar-refractivity contribution >= 4 is 0 Å². The van der Waals surface area contributed by atoms with E-state index in [0.29, 0.717) is 6.04 Å². The van der Waals surface area contributed by atoms with Crippen molar-refractivity contribution in [2.45, 2.75) is 46.2 Å². The summed E-state index contributed by atoms with van der Waals surface area (Å²) in [6, 6.07) is 7.26. The Balaban J connectivity index is 2.34.